The summed E-state index contributed by atoms with van der Waals surface area (Å²) in [6.45, 7) is 6.21. The maximum Gasteiger partial charge on any atom is 0.332 e. The Labute approximate surface area is 189 Å². The number of pyridine rings is 1. The number of imidazole rings is 1. The molecule has 4 aromatic heterocycles. The second-order valence-electron chi connectivity index (χ2n) is 8.01. The monoisotopic (exact) mass is 452 g/mol. The van der Waals surface area contributed by atoms with Crippen LogP contribution in [-0.2, 0) is 26.1 Å². The van der Waals surface area contributed by atoms with Crippen molar-refractivity contribution < 1.29 is 5.11 Å². The Kier molecular flexibility index (Phi) is 6.17. The zero-order valence-electron chi connectivity index (χ0n) is 19.1. The van der Waals surface area contributed by atoms with Crippen molar-refractivity contribution in [2.75, 3.05) is 0 Å². The summed E-state index contributed by atoms with van der Waals surface area (Å²) >= 11 is 0. The molecule has 0 saturated carbocycles. The molecule has 0 atom stereocenters. The third kappa shape index (κ3) is 3.65. The lowest BCUT2D eigenvalue weighted by molar-refractivity contribution is 0.410. The first kappa shape index (κ1) is 22.5. The van der Waals surface area contributed by atoms with E-state index < -0.39 is 16.8 Å². The third-order valence-electron chi connectivity index (χ3n) is 5.96. The van der Waals surface area contributed by atoms with E-state index in [4.69, 9.17) is 0 Å². The summed E-state index contributed by atoms with van der Waals surface area (Å²) in [5, 5.41) is 11.1. The number of aromatic nitrogens is 6. The zero-order chi connectivity index (χ0) is 23.7. The summed E-state index contributed by atoms with van der Waals surface area (Å²) in [5.41, 5.74) is -0.303. The van der Waals surface area contributed by atoms with Crippen LogP contribution in [0.4, 0.5) is 0 Å². The molecule has 0 amide bonds. The minimum absolute atomic E-state index is 0.0509. The third-order valence-corrected chi connectivity index (χ3v) is 5.96. The van der Waals surface area contributed by atoms with Crippen LogP contribution in [-0.4, -0.2) is 33.2 Å². The first-order chi connectivity index (χ1) is 15.9. The van der Waals surface area contributed by atoms with Crippen LogP contribution in [0.2, 0.25) is 0 Å². The topological polar surface area (TPSA) is 116 Å². The van der Waals surface area contributed by atoms with Crippen molar-refractivity contribution in [1.82, 2.24) is 28.1 Å². The van der Waals surface area contributed by atoms with E-state index in [2.05, 4.69) is 16.9 Å². The largest absolute Gasteiger partial charge is 0.494 e. The van der Waals surface area contributed by atoms with Gasteiger partial charge in [-0.2, -0.15) is 4.98 Å². The molecule has 0 bridgehead atoms. The van der Waals surface area contributed by atoms with Gasteiger partial charge in [0.05, 0.1) is 12.1 Å². The lowest BCUT2D eigenvalue weighted by Gasteiger charge is -2.14. The number of rotatable bonds is 8. The van der Waals surface area contributed by atoms with Gasteiger partial charge in [-0.15, -0.1) is 0 Å². The Bertz CT molecular complexity index is 1490. The first-order valence-electron chi connectivity index (χ1n) is 11.3. The lowest BCUT2D eigenvalue weighted by atomic mass is 10.1. The lowest BCUT2D eigenvalue weighted by Crippen LogP contribution is -2.40. The fourth-order valence-electron chi connectivity index (χ4n) is 4.24. The maximum atomic E-state index is 13.6. The molecule has 0 fully saturated rings. The zero-order valence-corrected chi connectivity index (χ0v) is 19.1. The van der Waals surface area contributed by atoms with Gasteiger partial charge < -0.3 is 5.11 Å². The second kappa shape index (κ2) is 9.05. The molecule has 0 aliphatic rings. The maximum absolute atomic E-state index is 13.6. The van der Waals surface area contributed by atoms with Gasteiger partial charge in [0.15, 0.2) is 11.2 Å². The molecule has 33 heavy (non-hydrogen) atoms. The van der Waals surface area contributed by atoms with E-state index >= 15 is 0 Å². The van der Waals surface area contributed by atoms with Crippen molar-refractivity contribution in [3.63, 3.8) is 0 Å². The summed E-state index contributed by atoms with van der Waals surface area (Å²) in [4.78, 5) is 48.3. The van der Waals surface area contributed by atoms with E-state index in [0.717, 1.165) is 29.4 Å². The number of nitrogens with zero attached hydrogens (tertiary/aromatic N) is 6. The first-order valence-corrected chi connectivity index (χ1v) is 11.3. The van der Waals surface area contributed by atoms with Crippen LogP contribution in [0.25, 0.3) is 16.9 Å². The van der Waals surface area contributed by atoms with Gasteiger partial charge in [-0.1, -0.05) is 25.8 Å². The van der Waals surface area contributed by atoms with Crippen molar-refractivity contribution in [1.29, 1.82) is 0 Å². The Morgan fingerprint density at radius 3 is 2.36 bits per heavy atom. The van der Waals surface area contributed by atoms with Gasteiger partial charge in [-0.05, 0) is 38.3 Å². The normalized spacial score (nSPS) is 11.6. The van der Waals surface area contributed by atoms with Gasteiger partial charge in [0, 0.05) is 25.5 Å². The highest BCUT2D eigenvalue weighted by molar-refractivity contribution is 5.75. The van der Waals surface area contributed by atoms with Crippen LogP contribution in [0.5, 0.6) is 5.88 Å². The van der Waals surface area contributed by atoms with E-state index in [-0.39, 0.29) is 48.0 Å². The SMILES string of the molecule is CCCCCc1c(O)n(Cc2cccnc2)c2nc3c(c(=O)n(CC)c(=O)n3CC)n2c1=O. The number of hydrogen-bond acceptors (Lipinski definition) is 6. The highest BCUT2D eigenvalue weighted by Crippen LogP contribution is 2.23. The standard InChI is InChI=1S/C23H28N6O4/c1-4-7-8-11-16-19(30)28(14-15-10-9-12-24-13-15)22-25-18-17(29(22)20(16)31)21(32)27(6-3)23(33)26(18)5-2/h9-10,12-13,30H,4-8,11,14H2,1-3H3. The van der Waals surface area contributed by atoms with Gasteiger partial charge in [0.25, 0.3) is 11.1 Å². The molecule has 0 aromatic carbocycles. The number of fused-ring (bicyclic) bond motifs is 3. The van der Waals surface area contributed by atoms with Crippen LogP contribution in [0.15, 0.2) is 38.9 Å². The molecular formula is C23H28N6O4. The van der Waals surface area contributed by atoms with Crippen molar-refractivity contribution in [2.24, 2.45) is 0 Å². The van der Waals surface area contributed by atoms with E-state index in [9.17, 15) is 19.5 Å². The van der Waals surface area contributed by atoms with Crippen LogP contribution in [0.3, 0.4) is 0 Å². The van der Waals surface area contributed by atoms with Crippen LogP contribution in [0, 0.1) is 0 Å². The van der Waals surface area contributed by atoms with Crippen molar-refractivity contribution in [3.05, 3.63) is 66.8 Å². The molecule has 10 heteroatoms. The van der Waals surface area contributed by atoms with Crippen LogP contribution in [0.1, 0.15) is 51.2 Å². The quantitative estimate of drug-likeness (QED) is 0.408. The van der Waals surface area contributed by atoms with E-state index in [1.165, 1.54) is 13.5 Å². The molecule has 4 aromatic rings. The highest BCUT2D eigenvalue weighted by Gasteiger charge is 2.24. The smallest absolute Gasteiger partial charge is 0.332 e. The predicted octanol–water partition coefficient (Wildman–Crippen LogP) is 1.89. The Balaban J connectivity index is 2.15. The van der Waals surface area contributed by atoms with E-state index in [1.54, 1.807) is 32.3 Å². The number of hydrogen-bond donors (Lipinski definition) is 1. The fourth-order valence-corrected chi connectivity index (χ4v) is 4.24. The average Bonchev–Trinajstić information content (AvgIpc) is 3.21. The molecule has 10 nitrogen and oxygen atoms in total. The summed E-state index contributed by atoms with van der Waals surface area (Å²) in [7, 11) is 0. The number of aromatic hydroxyl groups is 1. The predicted molar refractivity (Wildman–Crippen MR) is 125 cm³/mol. The summed E-state index contributed by atoms with van der Waals surface area (Å²) in [5.74, 6) is -0.0628. The van der Waals surface area contributed by atoms with E-state index in [0.29, 0.717) is 6.42 Å². The molecule has 0 spiro atoms. The van der Waals surface area contributed by atoms with Gasteiger partial charge in [0.1, 0.15) is 0 Å². The molecule has 0 aliphatic heterocycles. The Hall–Kier alpha value is -3.69. The number of aryl methyl sites for hydroxylation is 1. The summed E-state index contributed by atoms with van der Waals surface area (Å²) in [6, 6.07) is 3.64. The summed E-state index contributed by atoms with van der Waals surface area (Å²) < 4.78 is 5.26. The molecule has 0 aliphatic carbocycles. The molecule has 0 saturated heterocycles. The summed E-state index contributed by atoms with van der Waals surface area (Å²) in [6.07, 6.45) is 6.28. The average molecular weight is 453 g/mol. The van der Waals surface area contributed by atoms with Crippen molar-refractivity contribution >= 4 is 16.9 Å². The van der Waals surface area contributed by atoms with Gasteiger partial charge in [0.2, 0.25) is 11.7 Å². The Morgan fingerprint density at radius 2 is 1.73 bits per heavy atom. The van der Waals surface area contributed by atoms with Crippen molar-refractivity contribution in [2.45, 2.75) is 66.1 Å². The van der Waals surface area contributed by atoms with Gasteiger partial charge >= 0.3 is 5.69 Å². The molecule has 0 radical (unpaired) electrons. The van der Waals surface area contributed by atoms with Crippen LogP contribution < -0.4 is 16.8 Å². The molecule has 1 N–H and O–H groups in total. The molecular weight excluding hydrogens is 424 g/mol. The minimum Gasteiger partial charge on any atom is -0.494 e. The number of unbranched alkanes of at least 4 members (excludes halogenated alkanes) is 2. The van der Waals surface area contributed by atoms with Crippen molar-refractivity contribution in [3.8, 4) is 5.88 Å². The molecule has 174 valence electrons. The highest BCUT2D eigenvalue weighted by atomic mass is 16.3. The van der Waals surface area contributed by atoms with Crippen LogP contribution >= 0.6 is 0 Å². The fraction of sp³-hybridized carbons (Fsp3) is 0.435. The van der Waals surface area contributed by atoms with E-state index in [1.807, 2.05) is 6.07 Å². The molecule has 0 unspecified atom stereocenters. The second-order valence-corrected chi connectivity index (χ2v) is 8.01. The van der Waals surface area contributed by atoms with Gasteiger partial charge in [-0.25, -0.2) is 9.20 Å². The Morgan fingerprint density at radius 1 is 0.970 bits per heavy atom. The minimum atomic E-state index is -0.565. The van der Waals surface area contributed by atoms with Gasteiger partial charge in [-0.3, -0.25) is 28.3 Å². The molecule has 4 heterocycles. The molecule has 4 rings (SSSR count).